The lowest BCUT2D eigenvalue weighted by atomic mass is 10.2. The molecule has 96 valence electrons. The Kier molecular flexibility index (Phi) is 6.29. The van der Waals surface area contributed by atoms with Gasteiger partial charge < -0.3 is 5.32 Å². The fourth-order valence-corrected chi connectivity index (χ4v) is 2.11. The van der Waals surface area contributed by atoms with E-state index in [2.05, 4.69) is 37.0 Å². The quantitative estimate of drug-likeness (QED) is 0.669. The van der Waals surface area contributed by atoms with Crippen LogP contribution < -0.4 is 5.32 Å². The van der Waals surface area contributed by atoms with Crippen LogP contribution in [0.1, 0.15) is 26.2 Å². The zero-order valence-electron chi connectivity index (χ0n) is 10.9. The molecule has 0 aromatic carbocycles. The molecule has 1 heterocycles. The number of unbranched alkanes of at least 4 members (excludes halogenated alkanes) is 1. The summed E-state index contributed by atoms with van der Waals surface area (Å²) in [6.45, 7) is 14.2. The number of nitrogens with zero attached hydrogens (tertiary/aromatic N) is 1. The van der Waals surface area contributed by atoms with Crippen molar-refractivity contribution in [1.29, 1.82) is 0 Å². The molecule has 0 saturated carbocycles. The average molecular weight is 260 g/mol. The lowest BCUT2D eigenvalue weighted by molar-refractivity contribution is 0.810. The van der Waals surface area contributed by atoms with Crippen molar-refractivity contribution in [3.8, 4) is 0 Å². The van der Waals surface area contributed by atoms with Gasteiger partial charge in [-0.3, -0.25) is 4.98 Å². The molecule has 0 saturated heterocycles. The minimum Gasteiger partial charge on any atom is -0.354 e. The number of allylic oxidation sites excluding steroid dienone is 1. The van der Waals surface area contributed by atoms with Crippen LogP contribution >= 0.6 is 11.8 Å². The molecule has 1 N–H and O–H groups in total. The molecule has 0 aliphatic heterocycles. The third-order valence-corrected chi connectivity index (χ3v) is 3.36. The van der Waals surface area contributed by atoms with Crippen LogP contribution in [0.3, 0.4) is 0 Å². The maximum atomic E-state index is 4.04. The average Bonchev–Trinajstić information content (AvgIpc) is 2.37. The molecule has 2 nitrogen and oxygen atoms in total. The molecule has 18 heavy (non-hydrogen) atoms. The topological polar surface area (TPSA) is 24.9 Å². The van der Waals surface area contributed by atoms with Crippen molar-refractivity contribution in [2.75, 3.05) is 5.32 Å². The number of anilines is 1. The van der Waals surface area contributed by atoms with Crippen LogP contribution in [0.4, 0.5) is 5.69 Å². The van der Waals surface area contributed by atoms with Crippen molar-refractivity contribution in [1.82, 2.24) is 4.98 Å². The first-order valence-corrected chi connectivity index (χ1v) is 6.86. The monoisotopic (exact) mass is 260 g/mol. The Morgan fingerprint density at radius 1 is 1.39 bits per heavy atom. The van der Waals surface area contributed by atoms with E-state index in [1.807, 2.05) is 12.1 Å². The van der Waals surface area contributed by atoms with Crippen molar-refractivity contribution >= 4 is 17.4 Å². The molecule has 0 unspecified atom stereocenters. The molecule has 3 heteroatoms. The zero-order valence-corrected chi connectivity index (χ0v) is 11.7. The fraction of sp³-hybridized carbons (Fsp3) is 0.267. The van der Waals surface area contributed by atoms with E-state index in [1.165, 1.54) is 12.8 Å². The highest BCUT2D eigenvalue weighted by Crippen LogP contribution is 2.30. The minimum absolute atomic E-state index is 0.797. The summed E-state index contributed by atoms with van der Waals surface area (Å²) < 4.78 is 0. The highest BCUT2D eigenvalue weighted by atomic mass is 32.2. The molecule has 0 spiro atoms. The summed E-state index contributed by atoms with van der Waals surface area (Å²) in [5, 5.41) is 3.18. The van der Waals surface area contributed by atoms with E-state index in [-0.39, 0.29) is 0 Å². The van der Waals surface area contributed by atoms with E-state index in [0.717, 1.165) is 27.6 Å². The van der Waals surface area contributed by atoms with E-state index in [9.17, 15) is 0 Å². The van der Waals surface area contributed by atoms with Gasteiger partial charge in [0, 0.05) is 16.8 Å². The molecule has 0 radical (unpaired) electrons. The molecule has 0 bridgehead atoms. The molecule has 0 aliphatic carbocycles. The third kappa shape index (κ3) is 5.23. The Balaban J connectivity index is 2.42. The summed E-state index contributed by atoms with van der Waals surface area (Å²) in [5.41, 5.74) is 1.72. The largest absolute Gasteiger partial charge is 0.354 e. The Morgan fingerprint density at radius 2 is 2.17 bits per heavy atom. The second kappa shape index (κ2) is 7.77. The Morgan fingerprint density at radius 3 is 2.78 bits per heavy atom. The number of hydrogen-bond acceptors (Lipinski definition) is 3. The van der Waals surface area contributed by atoms with Gasteiger partial charge in [0.25, 0.3) is 0 Å². The Hall–Kier alpha value is -1.48. The molecule has 0 amide bonds. The van der Waals surface area contributed by atoms with Crippen molar-refractivity contribution in [3.05, 3.63) is 59.8 Å². The van der Waals surface area contributed by atoms with Gasteiger partial charge in [-0.15, -0.1) is 0 Å². The number of thioether (sulfide) groups is 1. The molecule has 0 atom stereocenters. The molecule has 1 aromatic heterocycles. The van der Waals surface area contributed by atoms with Gasteiger partial charge in [0.1, 0.15) is 0 Å². The zero-order chi connectivity index (χ0) is 13.4. The Labute approximate surface area is 114 Å². The minimum atomic E-state index is 0.797. The molecule has 0 fully saturated rings. The first-order chi connectivity index (χ1) is 8.63. The summed E-state index contributed by atoms with van der Waals surface area (Å²) in [6.07, 6.45) is 6.88. The molecule has 1 rings (SSSR count). The van der Waals surface area contributed by atoms with E-state index in [0.29, 0.717) is 0 Å². The van der Waals surface area contributed by atoms with Crippen LogP contribution in [0.15, 0.2) is 59.8 Å². The first-order valence-electron chi connectivity index (χ1n) is 6.04. The summed E-state index contributed by atoms with van der Waals surface area (Å²) in [6, 6.07) is 3.83. The maximum absolute atomic E-state index is 4.04. The second-order valence-corrected chi connectivity index (χ2v) is 5.29. The van der Waals surface area contributed by atoms with Crippen molar-refractivity contribution in [3.63, 3.8) is 0 Å². The van der Waals surface area contributed by atoms with Crippen molar-refractivity contribution in [2.24, 2.45) is 0 Å². The van der Waals surface area contributed by atoms with Gasteiger partial charge in [0.2, 0.25) is 0 Å². The summed E-state index contributed by atoms with van der Waals surface area (Å²) >= 11 is 1.60. The van der Waals surface area contributed by atoms with Crippen LogP contribution in [0.2, 0.25) is 0 Å². The SMILES string of the molecule is C=C(CCCC)SC(=C)C(=C)Nc1cccnc1. The number of nitrogens with one attached hydrogen (secondary N) is 1. The Bertz CT molecular complexity index is 423. The summed E-state index contributed by atoms with van der Waals surface area (Å²) in [4.78, 5) is 6.08. The lowest BCUT2D eigenvalue weighted by Crippen LogP contribution is -1.99. The van der Waals surface area contributed by atoms with E-state index < -0.39 is 0 Å². The highest BCUT2D eigenvalue weighted by molar-refractivity contribution is 8.06. The summed E-state index contributed by atoms with van der Waals surface area (Å²) in [5.74, 6) is 0. The smallest absolute Gasteiger partial charge is 0.0570 e. The number of rotatable bonds is 8. The van der Waals surface area contributed by atoms with Crippen LogP contribution in [0, 0.1) is 0 Å². The third-order valence-electron chi connectivity index (χ3n) is 2.37. The van der Waals surface area contributed by atoms with Crippen LogP contribution in [0.5, 0.6) is 0 Å². The predicted octanol–water partition coefficient (Wildman–Crippen LogP) is 4.96. The van der Waals surface area contributed by atoms with Gasteiger partial charge in [0.15, 0.2) is 0 Å². The van der Waals surface area contributed by atoms with Crippen molar-refractivity contribution < 1.29 is 0 Å². The number of pyridine rings is 1. The van der Waals surface area contributed by atoms with Gasteiger partial charge >= 0.3 is 0 Å². The number of hydrogen-bond donors (Lipinski definition) is 1. The van der Waals surface area contributed by atoms with Crippen LogP contribution in [-0.4, -0.2) is 4.98 Å². The van der Waals surface area contributed by atoms with Gasteiger partial charge in [0.05, 0.1) is 11.9 Å². The molecular weight excluding hydrogens is 240 g/mol. The van der Waals surface area contributed by atoms with Crippen LogP contribution in [0.25, 0.3) is 0 Å². The van der Waals surface area contributed by atoms with Gasteiger partial charge in [-0.2, -0.15) is 0 Å². The van der Waals surface area contributed by atoms with E-state index >= 15 is 0 Å². The standard InChI is InChI=1S/C15H20N2S/c1-5-6-8-12(2)18-14(4)13(3)17-15-9-7-10-16-11-15/h7,9-11,17H,2-6,8H2,1H3. The first kappa shape index (κ1) is 14.6. The second-order valence-electron chi connectivity index (χ2n) is 4.01. The van der Waals surface area contributed by atoms with Crippen molar-refractivity contribution in [2.45, 2.75) is 26.2 Å². The summed E-state index contributed by atoms with van der Waals surface area (Å²) in [7, 11) is 0. The number of aromatic nitrogens is 1. The van der Waals surface area contributed by atoms with Crippen LogP contribution in [-0.2, 0) is 0 Å². The molecule has 0 aliphatic rings. The van der Waals surface area contributed by atoms with E-state index in [4.69, 9.17) is 0 Å². The van der Waals surface area contributed by atoms with Gasteiger partial charge in [-0.25, -0.2) is 0 Å². The lowest BCUT2D eigenvalue weighted by Gasteiger charge is -2.12. The normalized spacial score (nSPS) is 9.83. The highest BCUT2D eigenvalue weighted by Gasteiger charge is 2.04. The maximum Gasteiger partial charge on any atom is 0.0570 e. The van der Waals surface area contributed by atoms with E-state index in [1.54, 1.807) is 24.2 Å². The molecular formula is C15H20N2S. The predicted molar refractivity (Wildman–Crippen MR) is 82.4 cm³/mol. The molecule has 1 aromatic rings. The van der Waals surface area contributed by atoms with Gasteiger partial charge in [-0.05, 0) is 29.9 Å². The fourth-order valence-electron chi connectivity index (χ4n) is 1.34. The van der Waals surface area contributed by atoms with Gasteiger partial charge in [-0.1, -0.05) is 44.8 Å².